The summed E-state index contributed by atoms with van der Waals surface area (Å²) in [5.74, 6) is 0.0871. The van der Waals surface area contributed by atoms with Crippen molar-refractivity contribution in [2.24, 2.45) is 0 Å². The number of nitrogens with zero attached hydrogens (tertiary/aromatic N) is 3. The topological polar surface area (TPSA) is 106 Å². The van der Waals surface area contributed by atoms with Crippen molar-refractivity contribution in [2.45, 2.75) is 0 Å². The first-order valence-corrected chi connectivity index (χ1v) is 11.4. The Balaban J connectivity index is 1.56. The van der Waals surface area contributed by atoms with Gasteiger partial charge in [-0.1, -0.05) is 15.9 Å². The van der Waals surface area contributed by atoms with Gasteiger partial charge in [-0.2, -0.15) is 0 Å². The molecule has 5 rings (SSSR count). The molecule has 0 unspecified atom stereocenters. The number of thiophene rings is 1. The number of nitrogens with one attached hydrogen (secondary N) is 2. The molecule has 0 saturated carbocycles. The van der Waals surface area contributed by atoms with Crippen molar-refractivity contribution in [1.29, 1.82) is 0 Å². The largest absolute Gasteiger partial charge is 0.493 e. The highest BCUT2D eigenvalue weighted by Gasteiger charge is 2.35. The van der Waals surface area contributed by atoms with E-state index in [0.29, 0.717) is 31.9 Å². The van der Waals surface area contributed by atoms with Crippen LogP contribution >= 0.6 is 27.3 Å². The molecule has 2 aromatic carbocycles. The highest BCUT2D eigenvalue weighted by atomic mass is 79.9. The van der Waals surface area contributed by atoms with Crippen molar-refractivity contribution < 1.29 is 23.5 Å². The molecule has 9 nitrogen and oxygen atoms in total. The van der Waals surface area contributed by atoms with Crippen LogP contribution in [0.3, 0.4) is 0 Å². The van der Waals surface area contributed by atoms with E-state index in [4.69, 9.17) is 9.47 Å². The normalized spacial score (nSPS) is 12.5. The van der Waals surface area contributed by atoms with E-state index >= 15 is 0 Å². The molecule has 3 amide bonds. The van der Waals surface area contributed by atoms with Crippen LogP contribution in [-0.4, -0.2) is 36.1 Å². The molecule has 0 radical (unpaired) electrons. The number of hydrogen-bond donors (Lipinski definition) is 2. The van der Waals surface area contributed by atoms with Crippen molar-refractivity contribution in [3.05, 3.63) is 57.9 Å². The van der Waals surface area contributed by atoms with Gasteiger partial charge in [0.05, 0.1) is 31.0 Å². The molecule has 0 atom stereocenters. The van der Waals surface area contributed by atoms with Gasteiger partial charge in [0.2, 0.25) is 0 Å². The third-order valence-electron chi connectivity index (χ3n) is 5.11. The highest BCUT2D eigenvalue weighted by molar-refractivity contribution is 9.10. The minimum Gasteiger partial charge on any atom is -0.493 e. The molecule has 2 N–H and O–H groups in total. The van der Waals surface area contributed by atoms with Crippen molar-refractivity contribution in [1.82, 2.24) is 9.97 Å². The molecule has 0 spiro atoms. The van der Waals surface area contributed by atoms with Crippen molar-refractivity contribution >= 4 is 72.3 Å². The zero-order valence-corrected chi connectivity index (χ0v) is 20.1. The number of methoxy groups -OCH3 is 2. The number of benzene rings is 2. The Morgan fingerprint density at radius 3 is 2.68 bits per heavy atom. The number of rotatable bonds is 5. The summed E-state index contributed by atoms with van der Waals surface area (Å²) >= 11 is 4.30. The number of carbonyl (C=O) groups is 2. The lowest BCUT2D eigenvalue weighted by Gasteiger charge is -2.27. The smallest absolute Gasteiger partial charge is 0.332 e. The number of hydrogen-bond acceptors (Lipinski definition) is 7. The first-order valence-electron chi connectivity index (χ1n) is 9.78. The van der Waals surface area contributed by atoms with Crippen LogP contribution in [0.25, 0.3) is 10.2 Å². The fourth-order valence-corrected chi connectivity index (χ4v) is 4.93. The van der Waals surface area contributed by atoms with Crippen molar-refractivity contribution in [2.75, 3.05) is 29.8 Å². The Kier molecular flexibility index (Phi) is 5.54. The molecule has 12 heteroatoms. The maximum absolute atomic E-state index is 14.7. The van der Waals surface area contributed by atoms with E-state index in [9.17, 15) is 14.0 Å². The lowest BCUT2D eigenvalue weighted by atomic mass is 10.2. The monoisotopic (exact) mass is 543 g/mol. The summed E-state index contributed by atoms with van der Waals surface area (Å²) in [5, 5.41) is 5.95. The molecule has 34 heavy (non-hydrogen) atoms. The standard InChI is InChI=1S/C22H15BrFN5O4S/c1-32-14-6-4-11(8-15(14)33-2)27-20(30)18-17-16-19(25-9-26-21(16)34-18)29(22(31)28-17)13-5-3-10(23)7-12(13)24/h3-9H,1-2H3,(H,27,30)(H,28,31). The summed E-state index contributed by atoms with van der Waals surface area (Å²) in [7, 11) is 3.01. The Hall–Kier alpha value is -3.77. The zero-order valence-electron chi connectivity index (χ0n) is 17.7. The Morgan fingerprint density at radius 2 is 1.94 bits per heavy atom. The van der Waals surface area contributed by atoms with Crippen LogP contribution in [0.1, 0.15) is 9.67 Å². The number of amides is 3. The summed E-state index contributed by atoms with van der Waals surface area (Å²) in [6.07, 6.45) is 1.27. The van der Waals surface area contributed by atoms with E-state index in [2.05, 4.69) is 36.5 Å². The Morgan fingerprint density at radius 1 is 1.15 bits per heavy atom. The average Bonchev–Trinajstić information content (AvgIpc) is 3.19. The van der Waals surface area contributed by atoms with Crippen LogP contribution in [0.5, 0.6) is 11.5 Å². The molecule has 2 aromatic heterocycles. The van der Waals surface area contributed by atoms with Crippen molar-refractivity contribution in [3.63, 3.8) is 0 Å². The molecule has 172 valence electrons. The summed E-state index contributed by atoms with van der Waals surface area (Å²) < 4.78 is 25.7. The first-order chi connectivity index (χ1) is 16.4. The lowest BCUT2D eigenvalue weighted by molar-refractivity contribution is 0.103. The van der Waals surface area contributed by atoms with Gasteiger partial charge in [-0.15, -0.1) is 11.3 Å². The first kappa shape index (κ1) is 22.0. The van der Waals surface area contributed by atoms with Gasteiger partial charge in [-0.3, -0.25) is 4.79 Å². The summed E-state index contributed by atoms with van der Waals surface area (Å²) in [6.45, 7) is 0. The van der Waals surface area contributed by atoms with E-state index in [0.717, 1.165) is 16.2 Å². The molecule has 0 aliphatic carbocycles. The Labute approximate surface area is 204 Å². The van der Waals surface area contributed by atoms with Crippen molar-refractivity contribution in [3.8, 4) is 11.5 Å². The minimum atomic E-state index is -0.646. The molecule has 0 fully saturated rings. The molecular formula is C22H15BrFN5O4S. The number of urea groups is 1. The van der Waals surface area contributed by atoms with Crippen LogP contribution in [0, 0.1) is 5.82 Å². The Bertz CT molecular complexity index is 1480. The number of carbonyl (C=O) groups excluding carboxylic acids is 2. The third-order valence-corrected chi connectivity index (χ3v) is 6.70. The van der Waals surface area contributed by atoms with Gasteiger partial charge < -0.3 is 20.1 Å². The molecule has 1 aliphatic rings. The van der Waals surface area contributed by atoms with Gasteiger partial charge >= 0.3 is 6.03 Å². The second-order valence-corrected chi connectivity index (χ2v) is 8.98. The second kappa shape index (κ2) is 8.54. The van der Waals surface area contributed by atoms with E-state index in [1.165, 1.54) is 32.7 Å². The summed E-state index contributed by atoms with van der Waals surface area (Å²) in [4.78, 5) is 36.5. The quantitative estimate of drug-likeness (QED) is 0.342. The summed E-state index contributed by atoms with van der Waals surface area (Å²) in [6, 6.07) is 8.65. The number of anilines is 4. The van der Waals surface area contributed by atoms with Gasteiger partial charge in [-0.25, -0.2) is 24.1 Å². The van der Waals surface area contributed by atoms with Crippen LogP contribution in [0.2, 0.25) is 0 Å². The van der Waals surface area contributed by atoms with Crippen LogP contribution in [-0.2, 0) is 0 Å². The van der Waals surface area contributed by atoms with Gasteiger partial charge in [0.15, 0.2) is 17.3 Å². The minimum absolute atomic E-state index is 0.0221. The predicted molar refractivity (Wildman–Crippen MR) is 130 cm³/mol. The van der Waals surface area contributed by atoms with E-state index in [1.54, 1.807) is 24.3 Å². The molecule has 1 aliphatic heterocycles. The maximum Gasteiger partial charge on any atom is 0.332 e. The van der Waals surface area contributed by atoms with Crippen LogP contribution < -0.4 is 25.0 Å². The molecule has 3 heterocycles. The molecule has 4 aromatic rings. The van der Waals surface area contributed by atoms with E-state index in [1.807, 2.05) is 0 Å². The predicted octanol–water partition coefficient (Wildman–Crippen LogP) is 5.55. The van der Waals surface area contributed by atoms with Gasteiger partial charge in [-0.05, 0) is 30.3 Å². The summed E-state index contributed by atoms with van der Waals surface area (Å²) in [5.41, 5.74) is 0.764. The maximum atomic E-state index is 14.7. The van der Waals surface area contributed by atoms with E-state index < -0.39 is 17.8 Å². The SMILES string of the molecule is COc1ccc(NC(=O)c2sc3ncnc4c3c2NC(=O)N4c2ccc(Br)cc2F)cc1OC. The van der Waals surface area contributed by atoms with Gasteiger partial charge in [0.1, 0.15) is 21.9 Å². The number of aromatic nitrogens is 2. The molecule has 0 saturated heterocycles. The van der Waals surface area contributed by atoms with Crippen LogP contribution in [0.15, 0.2) is 47.2 Å². The second-order valence-electron chi connectivity index (χ2n) is 7.07. The lowest BCUT2D eigenvalue weighted by Crippen LogP contribution is -2.35. The number of ether oxygens (including phenoxy) is 2. The average molecular weight is 544 g/mol. The third kappa shape index (κ3) is 3.60. The molecule has 0 bridgehead atoms. The van der Waals surface area contributed by atoms with Crippen LogP contribution in [0.4, 0.5) is 32.1 Å². The highest BCUT2D eigenvalue weighted by Crippen LogP contribution is 2.45. The van der Waals surface area contributed by atoms with Gasteiger partial charge in [0.25, 0.3) is 5.91 Å². The fraction of sp³-hybridized carbons (Fsp3) is 0.0909. The zero-order chi connectivity index (χ0) is 24.0. The van der Waals surface area contributed by atoms with Gasteiger partial charge in [0, 0.05) is 16.2 Å². The molecular weight excluding hydrogens is 529 g/mol. The van der Waals surface area contributed by atoms with E-state index in [-0.39, 0.29) is 22.1 Å². The fourth-order valence-electron chi connectivity index (χ4n) is 3.61. The number of halogens is 2.